The molecule has 0 radical (unpaired) electrons. The molecule has 1 aromatic carbocycles. The zero-order valence-corrected chi connectivity index (χ0v) is 9.97. The van der Waals surface area contributed by atoms with Crippen LogP contribution in [0.2, 0.25) is 5.02 Å². The summed E-state index contributed by atoms with van der Waals surface area (Å²) in [6, 6.07) is 6.38. The highest BCUT2D eigenvalue weighted by Gasteiger charge is 2.12. The van der Waals surface area contributed by atoms with Crippen LogP contribution in [-0.4, -0.2) is 11.6 Å². The van der Waals surface area contributed by atoms with Crippen LogP contribution in [0.15, 0.2) is 24.4 Å². The number of benzene rings is 1. The molecule has 0 bridgehead atoms. The molecule has 0 amide bonds. The van der Waals surface area contributed by atoms with Crippen molar-refractivity contribution in [3.8, 4) is 0 Å². The molecule has 0 saturated carbocycles. The van der Waals surface area contributed by atoms with Crippen molar-refractivity contribution >= 4 is 22.5 Å². The number of hydrogen-bond donors (Lipinski definition) is 1. The van der Waals surface area contributed by atoms with Crippen molar-refractivity contribution in [1.82, 2.24) is 9.88 Å². The monoisotopic (exact) mass is 222 g/mol. The van der Waals surface area contributed by atoms with E-state index in [1.165, 1.54) is 10.9 Å². The minimum absolute atomic E-state index is 0.340. The third-order valence-electron chi connectivity index (χ3n) is 2.88. The van der Waals surface area contributed by atoms with Crippen LogP contribution in [0, 0.1) is 0 Å². The van der Waals surface area contributed by atoms with E-state index >= 15 is 0 Å². The summed E-state index contributed by atoms with van der Waals surface area (Å²) in [6.45, 7) is 2.15. The molecule has 1 unspecified atom stereocenters. The van der Waals surface area contributed by atoms with E-state index in [1.807, 2.05) is 26.2 Å². The molecule has 0 saturated heterocycles. The van der Waals surface area contributed by atoms with E-state index in [9.17, 15) is 0 Å². The summed E-state index contributed by atoms with van der Waals surface area (Å²) in [5.41, 5.74) is 2.40. The van der Waals surface area contributed by atoms with Crippen molar-refractivity contribution < 1.29 is 0 Å². The van der Waals surface area contributed by atoms with Gasteiger partial charge in [-0.05, 0) is 25.6 Å². The van der Waals surface area contributed by atoms with Crippen LogP contribution >= 0.6 is 11.6 Å². The first kappa shape index (κ1) is 10.5. The average molecular weight is 223 g/mol. The summed E-state index contributed by atoms with van der Waals surface area (Å²) < 4.78 is 2.08. The lowest BCUT2D eigenvalue weighted by atomic mass is 10.1. The van der Waals surface area contributed by atoms with Gasteiger partial charge in [0.25, 0.3) is 0 Å². The van der Waals surface area contributed by atoms with Gasteiger partial charge in [0.15, 0.2) is 0 Å². The molecule has 0 aliphatic heterocycles. The van der Waals surface area contributed by atoms with Crippen LogP contribution < -0.4 is 5.32 Å². The molecule has 1 heterocycles. The van der Waals surface area contributed by atoms with Gasteiger partial charge in [0.05, 0.1) is 10.5 Å². The Balaban J connectivity index is 2.73. The molecule has 15 heavy (non-hydrogen) atoms. The number of fused-ring (bicyclic) bond motifs is 1. The van der Waals surface area contributed by atoms with Crippen LogP contribution in [0.5, 0.6) is 0 Å². The minimum Gasteiger partial charge on any atom is -0.349 e. The molecule has 1 atom stereocenters. The predicted octanol–water partition coefficient (Wildman–Crippen LogP) is 3.11. The van der Waals surface area contributed by atoms with E-state index in [2.05, 4.69) is 29.1 Å². The van der Waals surface area contributed by atoms with Gasteiger partial charge in [-0.25, -0.2) is 0 Å². The average Bonchev–Trinajstić information content (AvgIpc) is 2.56. The Morgan fingerprint density at radius 2 is 2.13 bits per heavy atom. The van der Waals surface area contributed by atoms with E-state index in [-0.39, 0.29) is 0 Å². The fraction of sp³-hybridized carbons (Fsp3) is 0.333. The number of para-hydroxylation sites is 1. The number of aromatic nitrogens is 1. The molecule has 0 fully saturated rings. The molecule has 3 heteroatoms. The topological polar surface area (TPSA) is 17.0 Å². The van der Waals surface area contributed by atoms with E-state index in [0.717, 1.165) is 10.5 Å². The minimum atomic E-state index is 0.340. The Kier molecular flexibility index (Phi) is 2.72. The van der Waals surface area contributed by atoms with Gasteiger partial charge < -0.3 is 9.88 Å². The quantitative estimate of drug-likeness (QED) is 0.826. The van der Waals surface area contributed by atoms with Crippen molar-refractivity contribution in [3.63, 3.8) is 0 Å². The Morgan fingerprint density at radius 1 is 1.40 bits per heavy atom. The Hall–Kier alpha value is -0.990. The zero-order valence-electron chi connectivity index (χ0n) is 9.21. The molecule has 0 aliphatic carbocycles. The maximum Gasteiger partial charge on any atom is 0.0670 e. The van der Waals surface area contributed by atoms with E-state index in [0.29, 0.717) is 6.04 Å². The highest BCUT2D eigenvalue weighted by atomic mass is 35.5. The molecule has 2 rings (SSSR count). The van der Waals surface area contributed by atoms with Crippen molar-refractivity contribution in [1.29, 1.82) is 0 Å². The van der Waals surface area contributed by atoms with Gasteiger partial charge in [-0.3, -0.25) is 0 Å². The van der Waals surface area contributed by atoms with E-state index < -0.39 is 0 Å². The summed E-state index contributed by atoms with van der Waals surface area (Å²) in [7, 11) is 3.99. The van der Waals surface area contributed by atoms with Crippen LogP contribution in [-0.2, 0) is 7.05 Å². The second kappa shape index (κ2) is 3.87. The van der Waals surface area contributed by atoms with Gasteiger partial charge in [-0.1, -0.05) is 23.7 Å². The van der Waals surface area contributed by atoms with Crippen molar-refractivity contribution in [2.75, 3.05) is 7.05 Å². The van der Waals surface area contributed by atoms with Gasteiger partial charge in [-0.2, -0.15) is 0 Å². The van der Waals surface area contributed by atoms with Gasteiger partial charge in [0.2, 0.25) is 0 Å². The van der Waals surface area contributed by atoms with E-state index in [4.69, 9.17) is 11.6 Å². The standard InChI is InChI=1S/C12H15ClN2/c1-8(14-2)10-7-15(3)12-9(10)5-4-6-11(12)13/h4-8,14H,1-3H3. The summed E-state index contributed by atoms with van der Waals surface area (Å²) in [5.74, 6) is 0. The summed E-state index contributed by atoms with van der Waals surface area (Å²) >= 11 is 6.18. The molecule has 2 nitrogen and oxygen atoms in total. The van der Waals surface area contributed by atoms with Crippen LogP contribution in [0.3, 0.4) is 0 Å². The van der Waals surface area contributed by atoms with Crippen molar-refractivity contribution in [2.45, 2.75) is 13.0 Å². The molecule has 1 aromatic heterocycles. The lowest BCUT2D eigenvalue weighted by molar-refractivity contribution is 0.654. The highest BCUT2D eigenvalue weighted by molar-refractivity contribution is 6.35. The zero-order chi connectivity index (χ0) is 11.0. The SMILES string of the molecule is CNC(C)c1cn(C)c2c(Cl)cccc12. The number of hydrogen-bond acceptors (Lipinski definition) is 1. The lowest BCUT2D eigenvalue weighted by Gasteiger charge is -2.08. The van der Waals surface area contributed by atoms with Gasteiger partial charge in [0, 0.05) is 24.7 Å². The molecule has 0 spiro atoms. The Labute approximate surface area is 94.8 Å². The maximum absolute atomic E-state index is 6.18. The fourth-order valence-electron chi connectivity index (χ4n) is 1.95. The number of nitrogens with one attached hydrogen (secondary N) is 1. The smallest absolute Gasteiger partial charge is 0.0670 e. The van der Waals surface area contributed by atoms with Gasteiger partial charge in [-0.15, -0.1) is 0 Å². The number of halogens is 1. The van der Waals surface area contributed by atoms with Crippen LogP contribution in [0.4, 0.5) is 0 Å². The normalized spacial score (nSPS) is 13.3. The second-order valence-electron chi connectivity index (χ2n) is 3.84. The fourth-order valence-corrected chi connectivity index (χ4v) is 2.26. The third kappa shape index (κ3) is 1.64. The molecule has 1 N–H and O–H groups in total. The lowest BCUT2D eigenvalue weighted by Crippen LogP contribution is -2.11. The number of aryl methyl sites for hydroxylation is 1. The molecule has 0 aliphatic rings. The summed E-state index contributed by atoms with van der Waals surface area (Å²) in [6.07, 6.45) is 2.14. The number of nitrogens with zero attached hydrogens (tertiary/aromatic N) is 1. The molecule has 80 valence electrons. The van der Waals surface area contributed by atoms with Crippen molar-refractivity contribution in [2.24, 2.45) is 7.05 Å². The van der Waals surface area contributed by atoms with Crippen LogP contribution in [0.1, 0.15) is 18.5 Å². The highest BCUT2D eigenvalue weighted by Crippen LogP contribution is 2.30. The van der Waals surface area contributed by atoms with Gasteiger partial charge in [0.1, 0.15) is 0 Å². The summed E-state index contributed by atoms with van der Waals surface area (Å²) in [5, 5.41) is 5.29. The molecular weight excluding hydrogens is 208 g/mol. The first-order chi connectivity index (χ1) is 7.15. The predicted molar refractivity (Wildman–Crippen MR) is 65.4 cm³/mol. The first-order valence-electron chi connectivity index (χ1n) is 5.06. The third-order valence-corrected chi connectivity index (χ3v) is 3.19. The largest absolute Gasteiger partial charge is 0.349 e. The Bertz CT molecular complexity index is 488. The van der Waals surface area contributed by atoms with Crippen molar-refractivity contribution in [3.05, 3.63) is 35.0 Å². The second-order valence-corrected chi connectivity index (χ2v) is 4.25. The number of rotatable bonds is 2. The molecule has 2 aromatic rings. The van der Waals surface area contributed by atoms with Gasteiger partial charge >= 0.3 is 0 Å². The Morgan fingerprint density at radius 3 is 2.80 bits per heavy atom. The maximum atomic E-state index is 6.18. The summed E-state index contributed by atoms with van der Waals surface area (Å²) in [4.78, 5) is 0. The van der Waals surface area contributed by atoms with Crippen LogP contribution in [0.25, 0.3) is 10.9 Å². The van der Waals surface area contributed by atoms with E-state index in [1.54, 1.807) is 0 Å². The molecular formula is C12H15ClN2. The first-order valence-corrected chi connectivity index (χ1v) is 5.43.